The maximum absolute atomic E-state index is 12.9. The van der Waals surface area contributed by atoms with Crippen molar-refractivity contribution in [3.63, 3.8) is 0 Å². The molecule has 1 heterocycles. The number of carbonyl (C=O) groups is 1. The van der Waals surface area contributed by atoms with Gasteiger partial charge in [-0.2, -0.15) is 0 Å². The SMILES string of the molecule is CCN(CC)CCn1c(N)[n+](CC(=O)c2ccc(Cl)cc2Cl)c2ccccc21.[Br-]. The van der Waals surface area contributed by atoms with Crippen LogP contribution in [0, 0.1) is 0 Å². The number of hydrogen-bond acceptors (Lipinski definition) is 3. The maximum atomic E-state index is 12.9. The zero-order valence-corrected chi connectivity index (χ0v) is 19.6. The first-order chi connectivity index (χ1) is 13.5. The number of nitrogen functional groups attached to an aromatic ring is 1. The van der Waals surface area contributed by atoms with E-state index in [1.54, 1.807) is 18.2 Å². The number of imidazole rings is 1. The topological polar surface area (TPSA) is 55.1 Å². The molecule has 29 heavy (non-hydrogen) atoms. The molecular weight excluding hydrogens is 475 g/mol. The van der Waals surface area contributed by atoms with Gasteiger partial charge in [-0.15, -0.1) is 0 Å². The smallest absolute Gasteiger partial charge is 0.356 e. The number of para-hydroxylation sites is 2. The van der Waals surface area contributed by atoms with Gasteiger partial charge in [-0.1, -0.05) is 49.2 Å². The quantitative estimate of drug-likeness (QED) is 0.372. The maximum Gasteiger partial charge on any atom is 0.356 e. The van der Waals surface area contributed by atoms with Crippen molar-refractivity contribution in [3.8, 4) is 0 Å². The Hall–Kier alpha value is -1.60. The molecule has 2 aromatic carbocycles. The third kappa shape index (κ3) is 5.12. The zero-order chi connectivity index (χ0) is 20.3. The van der Waals surface area contributed by atoms with Gasteiger partial charge in [0.2, 0.25) is 0 Å². The van der Waals surface area contributed by atoms with E-state index < -0.39 is 0 Å². The van der Waals surface area contributed by atoms with Crippen LogP contribution in [-0.2, 0) is 13.1 Å². The summed E-state index contributed by atoms with van der Waals surface area (Å²) in [7, 11) is 0. The van der Waals surface area contributed by atoms with E-state index in [0.717, 1.165) is 37.2 Å². The van der Waals surface area contributed by atoms with Gasteiger partial charge in [-0.25, -0.2) is 9.13 Å². The minimum absolute atomic E-state index is 0. The third-order valence-corrected chi connectivity index (χ3v) is 5.63. The van der Waals surface area contributed by atoms with Gasteiger partial charge in [0.25, 0.3) is 0 Å². The van der Waals surface area contributed by atoms with E-state index in [2.05, 4.69) is 23.3 Å². The highest BCUT2D eigenvalue weighted by Crippen LogP contribution is 2.22. The number of benzene rings is 2. The Morgan fingerprint density at radius 3 is 2.48 bits per heavy atom. The lowest BCUT2D eigenvalue weighted by molar-refractivity contribution is -0.642. The largest absolute Gasteiger partial charge is 1.00 e. The van der Waals surface area contributed by atoms with Crippen LogP contribution in [0.3, 0.4) is 0 Å². The second-order valence-electron chi connectivity index (χ2n) is 6.66. The zero-order valence-electron chi connectivity index (χ0n) is 16.5. The lowest BCUT2D eigenvalue weighted by atomic mass is 10.1. The Morgan fingerprint density at radius 1 is 1.14 bits per heavy atom. The molecule has 3 rings (SSSR count). The summed E-state index contributed by atoms with van der Waals surface area (Å²) in [4.78, 5) is 15.2. The number of anilines is 1. The molecule has 0 aliphatic heterocycles. The van der Waals surface area contributed by atoms with Crippen molar-refractivity contribution in [2.75, 3.05) is 25.4 Å². The first kappa shape index (κ1) is 23.7. The second kappa shape index (κ2) is 10.4. The van der Waals surface area contributed by atoms with E-state index in [1.165, 1.54) is 0 Å². The fourth-order valence-electron chi connectivity index (χ4n) is 3.44. The lowest BCUT2D eigenvalue weighted by Gasteiger charge is -2.17. The van der Waals surface area contributed by atoms with Crippen molar-refractivity contribution in [1.82, 2.24) is 9.47 Å². The molecule has 0 amide bonds. The number of aromatic nitrogens is 2. The van der Waals surface area contributed by atoms with E-state index in [9.17, 15) is 4.79 Å². The van der Waals surface area contributed by atoms with E-state index in [-0.39, 0.29) is 29.3 Å². The van der Waals surface area contributed by atoms with Gasteiger partial charge in [0.15, 0.2) is 5.78 Å². The van der Waals surface area contributed by atoms with Crippen molar-refractivity contribution in [2.45, 2.75) is 26.9 Å². The van der Waals surface area contributed by atoms with Gasteiger partial charge in [0.05, 0.1) is 11.6 Å². The number of ketones is 1. The van der Waals surface area contributed by atoms with Gasteiger partial charge >= 0.3 is 5.95 Å². The highest BCUT2D eigenvalue weighted by molar-refractivity contribution is 6.36. The highest BCUT2D eigenvalue weighted by atomic mass is 79.9. The second-order valence-corrected chi connectivity index (χ2v) is 7.50. The molecule has 5 nitrogen and oxygen atoms in total. The number of halogens is 3. The lowest BCUT2D eigenvalue weighted by Crippen LogP contribution is -3.00. The van der Waals surface area contributed by atoms with Gasteiger partial charge in [0, 0.05) is 17.1 Å². The molecule has 0 saturated carbocycles. The molecule has 1 aromatic heterocycles. The van der Waals surface area contributed by atoms with Gasteiger partial charge in [-0.05, 0) is 43.4 Å². The number of nitrogens with two attached hydrogens (primary N) is 1. The minimum atomic E-state index is -0.106. The van der Waals surface area contributed by atoms with Crippen LogP contribution in [-0.4, -0.2) is 34.9 Å². The van der Waals surface area contributed by atoms with Crippen molar-refractivity contribution in [2.24, 2.45) is 0 Å². The van der Waals surface area contributed by atoms with E-state index >= 15 is 0 Å². The Balaban J connectivity index is 0.00000300. The fraction of sp³-hybridized carbons (Fsp3) is 0.333. The molecule has 0 aliphatic rings. The average molecular weight is 500 g/mol. The summed E-state index contributed by atoms with van der Waals surface area (Å²) in [5.41, 5.74) is 8.86. The first-order valence-corrected chi connectivity index (χ1v) is 10.2. The van der Waals surface area contributed by atoms with Crippen LogP contribution in [0.1, 0.15) is 24.2 Å². The van der Waals surface area contributed by atoms with Crippen LogP contribution in [0.4, 0.5) is 5.95 Å². The number of carbonyl (C=O) groups excluding carboxylic acids is 1. The Bertz CT molecular complexity index is 1000. The molecule has 3 aromatic rings. The number of fused-ring (bicyclic) bond motifs is 1. The molecule has 0 aliphatic carbocycles. The molecular formula is C21H25BrCl2N4O. The van der Waals surface area contributed by atoms with E-state index in [4.69, 9.17) is 28.9 Å². The van der Waals surface area contributed by atoms with Crippen LogP contribution in [0.15, 0.2) is 42.5 Å². The predicted molar refractivity (Wildman–Crippen MR) is 115 cm³/mol. The summed E-state index contributed by atoms with van der Waals surface area (Å²) in [5, 5.41) is 0.851. The number of rotatable bonds is 8. The number of Topliss-reactive ketones (excluding diaryl/α,β-unsaturated/α-hetero) is 1. The Kier molecular flexibility index (Phi) is 8.52. The molecule has 0 radical (unpaired) electrons. The number of likely N-dealkylation sites (N-methyl/N-ethyl adjacent to an activating group) is 1. The molecule has 0 saturated heterocycles. The molecule has 156 valence electrons. The summed E-state index contributed by atoms with van der Waals surface area (Å²) in [6.07, 6.45) is 0. The van der Waals surface area contributed by atoms with Gasteiger partial charge < -0.3 is 21.9 Å². The van der Waals surface area contributed by atoms with Gasteiger partial charge in [0.1, 0.15) is 17.6 Å². The monoisotopic (exact) mass is 498 g/mol. The molecule has 0 fully saturated rings. The van der Waals surface area contributed by atoms with E-state index in [1.807, 2.05) is 28.8 Å². The molecule has 8 heteroatoms. The molecule has 0 spiro atoms. The van der Waals surface area contributed by atoms with Crippen molar-refractivity contribution in [1.29, 1.82) is 0 Å². The Labute approximate surface area is 191 Å². The first-order valence-electron chi connectivity index (χ1n) is 9.43. The minimum Gasteiger partial charge on any atom is -1.00 e. The number of hydrogen-bond donors (Lipinski definition) is 1. The van der Waals surface area contributed by atoms with Crippen LogP contribution >= 0.6 is 23.2 Å². The van der Waals surface area contributed by atoms with Crippen LogP contribution in [0.25, 0.3) is 11.0 Å². The molecule has 0 bridgehead atoms. The molecule has 0 atom stereocenters. The third-order valence-electron chi connectivity index (χ3n) is 5.08. The van der Waals surface area contributed by atoms with E-state index in [0.29, 0.717) is 21.6 Å². The molecule has 0 unspecified atom stereocenters. The summed E-state index contributed by atoms with van der Waals surface area (Å²) in [6, 6.07) is 12.9. The van der Waals surface area contributed by atoms with Crippen LogP contribution in [0.5, 0.6) is 0 Å². The predicted octanol–water partition coefficient (Wildman–Crippen LogP) is 1.05. The summed E-state index contributed by atoms with van der Waals surface area (Å²) < 4.78 is 3.93. The van der Waals surface area contributed by atoms with Crippen molar-refractivity contribution in [3.05, 3.63) is 58.1 Å². The summed E-state index contributed by atoms with van der Waals surface area (Å²) in [5.74, 6) is 0.455. The summed E-state index contributed by atoms with van der Waals surface area (Å²) in [6.45, 7) is 8.05. The average Bonchev–Trinajstić information content (AvgIpc) is 2.94. The van der Waals surface area contributed by atoms with Gasteiger partial charge in [-0.3, -0.25) is 10.5 Å². The Morgan fingerprint density at radius 2 is 1.83 bits per heavy atom. The summed E-state index contributed by atoms with van der Waals surface area (Å²) >= 11 is 12.2. The fourth-order valence-corrected chi connectivity index (χ4v) is 3.95. The van der Waals surface area contributed by atoms with Crippen LogP contribution in [0.2, 0.25) is 10.0 Å². The van der Waals surface area contributed by atoms with Crippen LogP contribution < -0.4 is 27.3 Å². The van der Waals surface area contributed by atoms with Crippen molar-refractivity contribution < 1.29 is 26.3 Å². The van der Waals surface area contributed by atoms with Crippen molar-refractivity contribution >= 4 is 46.0 Å². The highest BCUT2D eigenvalue weighted by Gasteiger charge is 2.24. The standard InChI is InChI=1S/C21H24Cl2N4O.BrH/c1-3-25(4-2)11-12-26-18-7-5-6-8-19(18)27(21(26)24)14-20(28)16-10-9-15(22)13-17(16)23;/h5-10,13,24H,3-4,11-12,14H2,1-2H3;1H. The molecule has 2 N–H and O–H groups in total. The normalized spacial score (nSPS) is 11.1. The number of nitrogens with zero attached hydrogens (tertiary/aromatic N) is 3.